The molecule has 2 amide bonds. The molecule has 3 rings (SSSR count). The van der Waals surface area contributed by atoms with E-state index in [1.54, 1.807) is 38.0 Å². The fraction of sp³-hybridized carbons (Fsp3) is 0.579. The highest BCUT2D eigenvalue weighted by atomic mass is 32.2. The van der Waals surface area contributed by atoms with Gasteiger partial charge in [0, 0.05) is 25.3 Å². The average molecular weight is 394 g/mol. The van der Waals surface area contributed by atoms with E-state index < -0.39 is 6.04 Å². The Morgan fingerprint density at radius 3 is 2.56 bits per heavy atom. The number of rotatable bonds is 8. The average Bonchev–Trinajstić information content (AvgIpc) is 3.45. The van der Waals surface area contributed by atoms with Gasteiger partial charge in [-0.15, -0.1) is 11.8 Å². The Bertz CT molecular complexity index is 695. The molecule has 7 nitrogen and oxygen atoms in total. The minimum absolute atomic E-state index is 0.0422. The van der Waals surface area contributed by atoms with E-state index in [-0.39, 0.29) is 23.1 Å². The second kappa shape index (κ2) is 8.84. The fourth-order valence-electron chi connectivity index (χ4n) is 3.18. The van der Waals surface area contributed by atoms with Gasteiger partial charge < -0.3 is 24.4 Å². The topological polar surface area (TPSA) is 77.1 Å². The molecule has 148 valence electrons. The van der Waals surface area contributed by atoms with Crippen LogP contribution in [0.3, 0.4) is 0 Å². The predicted octanol–water partition coefficient (Wildman–Crippen LogP) is 1.82. The summed E-state index contributed by atoms with van der Waals surface area (Å²) < 4.78 is 15.7. The van der Waals surface area contributed by atoms with E-state index in [4.69, 9.17) is 14.2 Å². The minimum atomic E-state index is -0.474. The van der Waals surface area contributed by atoms with E-state index in [0.717, 1.165) is 18.4 Å². The van der Waals surface area contributed by atoms with Crippen molar-refractivity contribution in [1.82, 2.24) is 10.2 Å². The third-order valence-corrected chi connectivity index (χ3v) is 6.11. The number of ether oxygens (including phenoxy) is 3. The molecule has 0 aromatic heterocycles. The van der Waals surface area contributed by atoms with Crippen LogP contribution in [0.1, 0.15) is 23.8 Å². The van der Waals surface area contributed by atoms with E-state index in [1.807, 2.05) is 18.2 Å². The molecule has 2 atom stereocenters. The predicted molar refractivity (Wildman–Crippen MR) is 103 cm³/mol. The molecular formula is C19H26N2O5S. The molecule has 1 aromatic carbocycles. The summed E-state index contributed by atoms with van der Waals surface area (Å²) in [5, 5.41) is 2.65. The zero-order valence-corrected chi connectivity index (χ0v) is 16.7. The van der Waals surface area contributed by atoms with Crippen LogP contribution in [0.25, 0.3) is 0 Å². The molecular weight excluding hydrogens is 368 g/mol. The summed E-state index contributed by atoms with van der Waals surface area (Å²) in [6, 6.07) is 5.17. The summed E-state index contributed by atoms with van der Waals surface area (Å²) >= 11 is 1.60. The van der Waals surface area contributed by atoms with Crippen LogP contribution in [-0.4, -0.2) is 63.0 Å². The van der Waals surface area contributed by atoms with Gasteiger partial charge in [0.15, 0.2) is 11.5 Å². The molecule has 1 saturated carbocycles. The number of carbonyl (C=O) groups excluding carboxylic acids is 2. The second-order valence-electron chi connectivity index (χ2n) is 6.62. The summed E-state index contributed by atoms with van der Waals surface area (Å²) in [5.41, 5.74) is 0.929. The lowest BCUT2D eigenvalue weighted by Crippen LogP contribution is -2.49. The van der Waals surface area contributed by atoms with E-state index in [2.05, 4.69) is 5.32 Å². The lowest BCUT2D eigenvalue weighted by atomic mass is 10.1. The lowest BCUT2D eigenvalue weighted by molar-refractivity contribution is -0.140. The highest BCUT2D eigenvalue weighted by Gasteiger charge is 2.46. The monoisotopic (exact) mass is 394 g/mol. The number of nitrogens with one attached hydrogen (secondary N) is 1. The second-order valence-corrected chi connectivity index (χ2v) is 7.73. The van der Waals surface area contributed by atoms with Crippen molar-refractivity contribution in [1.29, 1.82) is 0 Å². The normalized spacial score (nSPS) is 21.8. The first-order valence-electron chi connectivity index (χ1n) is 9.03. The van der Waals surface area contributed by atoms with Gasteiger partial charge in [0.25, 0.3) is 0 Å². The van der Waals surface area contributed by atoms with Gasteiger partial charge in [-0.2, -0.15) is 0 Å². The Hall–Kier alpha value is -1.93. The Balaban J connectivity index is 1.83. The summed E-state index contributed by atoms with van der Waals surface area (Å²) in [7, 11) is 4.77. The standard InChI is InChI=1S/C19H26N2O5S/c1-24-9-8-20-17(22)14-11-27-19(21(14)18(23)12-4-5-12)13-6-7-15(25-2)16(10-13)26-3/h6-7,10,12,14,19H,4-5,8-9,11H2,1-3H3,(H,20,22)/t14-,19+/m0/s1. The largest absolute Gasteiger partial charge is 0.493 e. The van der Waals surface area contributed by atoms with Crippen LogP contribution in [0.2, 0.25) is 0 Å². The van der Waals surface area contributed by atoms with Crippen molar-refractivity contribution in [3.05, 3.63) is 23.8 Å². The van der Waals surface area contributed by atoms with Crippen LogP contribution in [0.4, 0.5) is 0 Å². The number of thioether (sulfide) groups is 1. The zero-order chi connectivity index (χ0) is 19.4. The summed E-state index contributed by atoms with van der Waals surface area (Å²) in [6.07, 6.45) is 1.80. The summed E-state index contributed by atoms with van der Waals surface area (Å²) in [5.74, 6) is 1.79. The molecule has 1 saturated heterocycles. The summed E-state index contributed by atoms with van der Waals surface area (Å²) in [4.78, 5) is 27.4. The van der Waals surface area contributed by atoms with Gasteiger partial charge in [0.1, 0.15) is 11.4 Å². The number of hydrogen-bond acceptors (Lipinski definition) is 6. The third kappa shape index (κ3) is 4.32. The third-order valence-electron chi connectivity index (χ3n) is 4.78. The van der Waals surface area contributed by atoms with Crippen molar-refractivity contribution in [2.24, 2.45) is 5.92 Å². The van der Waals surface area contributed by atoms with Crippen molar-refractivity contribution < 1.29 is 23.8 Å². The quantitative estimate of drug-likeness (QED) is 0.678. The van der Waals surface area contributed by atoms with Gasteiger partial charge in [-0.05, 0) is 30.5 Å². The molecule has 0 bridgehead atoms. The van der Waals surface area contributed by atoms with Crippen LogP contribution < -0.4 is 14.8 Å². The first-order valence-corrected chi connectivity index (χ1v) is 10.1. The van der Waals surface area contributed by atoms with E-state index in [9.17, 15) is 9.59 Å². The number of benzene rings is 1. The van der Waals surface area contributed by atoms with Crippen molar-refractivity contribution in [3.63, 3.8) is 0 Å². The first kappa shape index (κ1) is 19.8. The van der Waals surface area contributed by atoms with Gasteiger partial charge in [-0.1, -0.05) is 6.07 Å². The van der Waals surface area contributed by atoms with Gasteiger partial charge in [-0.25, -0.2) is 0 Å². The molecule has 2 aliphatic rings. The Morgan fingerprint density at radius 1 is 1.19 bits per heavy atom. The molecule has 1 heterocycles. The molecule has 0 unspecified atom stereocenters. The maximum Gasteiger partial charge on any atom is 0.243 e. The minimum Gasteiger partial charge on any atom is -0.493 e. The number of nitrogens with zero attached hydrogens (tertiary/aromatic N) is 1. The van der Waals surface area contributed by atoms with E-state index >= 15 is 0 Å². The van der Waals surface area contributed by atoms with Gasteiger partial charge in [0.05, 0.1) is 20.8 Å². The molecule has 8 heteroatoms. The Labute approximate surface area is 163 Å². The van der Waals surface area contributed by atoms with Crippen molar-refractivity contribution >= 4 is 23.6 Å². The van der Waals surface area contributed by atoms with Gasteiger partial charge in [-0.3, -0.25) is 9.59 Å². The maximum atomic E-state index is 13.0. The van der Waals surface area contributed by atoms with Crippen LogP contribution in [-0.2, 0) is 14.3 Å². The van der Waals surface area contributed by atoms with Gasteiger partial charge >= 0.3 is 0 Å². The number of methoxy groups -OCH3 is 3. The number of hydrogen-bond donors (Lipinski definition) is 1. The molecule has 27 heavy (non-hydrogen) atoms. The van der Waals surface area contributed by atoms with Crippen LogP contribution >= 0.6 is 11.8 Å². The highest BCUT2D eigenvalue weighted by molar-refractivity contribution is 7.99. The first-order chi connectivity index (χ1) is 13.1. The van der Waals surface area contributed by atoms with Gasteiger partial charge in [0.2, 0.25) is 11.8 Å². The van der Waals surface area contributed by atoms with E-state index in [0.29, 0.717) is 30.4 Å². The maximum absolute atomic E-state index is 13.0. The molecule has 2 fully saturated rings. The molecule has 1 N–H and O–H groups in total. The Morgan fingerprint density at radius 2 is 1.93 bits per heavy atom. The Kier molecular flexibility index (Phi) is 6.49. The molecule has 1 aliphatic carbocycles. The van der Waals surface area contributed by atoms with Crippen molar-refractivity contribution in [2.45, 2.75) is 24.3 Å². The smallest absolute Gasteiger partial charge is 0.243 e. The molecule has 1 aliphatic heterocycles. The summed E-state index contributed by atoms with van der Waals surface area (Å²) in [6.45, 7) is 0.879. The lowest BCUT2D eigenvalue weighted by Gasteiger charge is -2.29. The molecule has 0 radical (unpaired) electrons. The number of carbonyl (C=O) groups is 2. The van der Waals surface area contributed by atoms with Crippen molar-refractivity contribution in [2.75, 3.05) is 40.2 Å². The van der Waals surface area contributed by atoms with Crippen molar-refractivity contribution in [3.8, 4) is 11.5 Å². The fourth-order valence-corrected chi connectivity index (χ4v) is 4.60. The van der Waals surface area contributed by atoms with E-state index in [1.165, 1.54) is 0 Å². The molecule has 1 aromatic rings. The van der Waals surface area contributed by atoms with Crippen LogP contribution in [0.5, 0.6) is 11.5 Å². The SMILES string of the molecule is COCCNC(=O)[C@@H]1CS[C@H](c2ccc(OC)c(OC)c2)N1C(=O)C1CC1. The number of amides is 2. The highest BCUT2D eigenvalue weighted by Crippen LogP contribution is 2.46. The zero-order valence-electron chi connectivity index (χ0n) is 15.9. The van der Waals surface area contributed by atoms with Crippen LogP contribution in [0.15, 0.2) is 18.2 Å². The molecule has 0 spiro atoms. The van der Waals surface area contributed by atoms with Crippen LogP contribution in [0, 0.1) is 5.92 Å².